The molecule has 35 heavy (non-hydrogen) atoms. The Hall–Kier alpha value is -1.22. The molecule has 0 aromatic heterocycles. The number of aliphatic hydroxyl groups excluding tert-OH is 3. The van der Waals surface area contributed by atoms with Crippen molar-refractivity contribution in [1.29, 1.82) is 0 Å². The summed E-state index contributed by atoms with van der Waals surface area (Å²) in [6.07, 6.45) is 16.9. The van der Waals surface area contributed by atoms with Crippen LogP contribution in [0.5, 0.6) is 0 Å². The normalized spacial score (nSPS) is 13.9. The Bertz CT molecular complexity index is 500. The molecular formula is C27H52O8. The van der Waals surface area contributed by atoms with E-state index in [4.69, 9.17) is 9.84 Å². The van der Waals surface area contributed by atoms with E-state index in [9.17, 15) is 19.8 Å². The Kier molecular flexibility index (Phi) is 23.6. The van der Waals surface area contributed by atoms with Crippen LogP contribution < -0.4 is 0 Å². The average Bonchev–Trinajstić information content (AvgIpc) is 2.82. The lowest BCUT2D eigenvalue weighted by Crippen LogP contribution is -2.27. The fourth-order valence-corrected chi connectivity index (χ4v) is 3.91. The number of carbonyl (C=O) groups is 2. The topological polar surface area (TPSA) is 123 Å². The smallest absolute Gasteiger partial charge is 0.339 e. The van der Waals surface area contributed by atoms with Gasteiger partial charge in [-0.1, -0.05) is 96.8 Å². The highest BCUT2D eigenvalue weighted by atomic mass is 17.2. The summed E-state index contributed by atoms with van der Waals surface area (Å²) in [7, 11) is 0. The Morgan fingerprint density at radius 3 is 1.66 bits per heavy atom. The van der Waals surface area contributed by atoms with Crippen LogP contribution >= 0.6 is 0 Å². The van der Waals surface area contributed by atoms with E-state index in [-0.39, 0.29) is 19.1 Å². The summed E-state index contributed by atoms with van der Waals surface area (Å²) in [5.74, 6) is -1.29. The molecule has 3 atom stereocenters. The summed E-state index contributed by atoms with van der Waals surface area (Å²) >= 11 is 0. The SMILES string of the molecule is CCCCCCCCCCCCCCC(O)CCCCC(O)CC(=O)OCC(CO)OOC(C)=O. The van der Waals surface area contributed by atoms with Gasteiger partial charge in [0.25, 0.3) is 0 Å². The molecule has 0 aliphatic rings. The molecule has 0 saturated carbocycles. The summed E-state index contributed by atoms with van der Waals surface area (Å²) < 4.78 is 4.94. The fraction of sp³-hybridized carbons (Fsp3) is 0.926. The maximum atomic E-state index is 11.8. The first-order valence-electron chi connectivity index (χ1n) is 13.9. The molecule has 3 N–H and O–H groups in total. The molecule has 0 heterocycles. The highest BCUT2D eigenvalue weighted by Gasteiger charge is 2.17. The van der Waals surface area contributed by atoms with E-state index in [1.807, 2.05) is 0 Å². The average molecular weight is 505 g/mol. The first-order chi connectivity index (χ1) is 16.9. The van der Waals surface area contributed by atoms with Gasteiger partial charge in [-0.3, -0.25) is 9.68 Å². The molecule has 0 bridgehead atoms. The highest BCUT2D eigenvalue weighted by Crippen LogP contribution is 2.15. The van der Waals surface area contributed by atoms with Gasteiger partial charge in [0.2, 0.25) is 0 Å². The number of hydrogen-bond acceptors (Lipinski definition) is 8. The van der Waals surface area contributed by atoms with Crippen LogP contribution in [0.2, 0.25) is 0 Å². The second-order valence-corrected chi connectivity index (χ2v) is 9.63. The summed E-state index contributed by atoms with van der Waals surface area (Å²) in [5, 5.41) is 29.2. The Labute approximate surface area is 212 Å². The summed E-state index contributed by atoms with van der Waals surface area (Å²) in [6.45, 7) is 2.64. The van der Waals surface area contributed by atoms with Crippen LogP contribution in [0.25, 0.3) is 0 Å². The maximum absolute atomic E-state index is 11.8. The molecule has 0 radical (unpaired) electrons. The van der Waals surface area contributed by atoms with Crippen molar-refractivity contribution in [3.05, 3.63) is 0 Å². The molecule has 0 fully saturated rings. The molecule has 8 nitrogen and oxygen atoms in total. The Morgan fingerprint density at radius 1 is 0.714 bits per heavy atom. The molecule has 0 aromatic carbocycles. The number of esters is 1. The third-order valence-corrected chi connectivity index (χ3v) is 6.05. The maximum Gasteiger partial charge on any atom is 0.339 e. The second kappa shape index (κ2) is 24.5. The lowest BCUT2D eigenvalue weighted by atomic mass is 10.0. The molecule has 8 heteroatoms. The van der Waals surface area contributed by atoms with Crippen molar-refractivity contribution in [2.24, 2.45) is 0 Å². The zero-order valence-electron chi connectivity index (χ0n) is 22.3. The predicted molar refractivity (Wildman–Crippen MR) is 135 cm³/mol. The monoisotopic (exact) mass is 504 g/mol. The van der Waals surface area contributed by atoms with Crippen molar-refractivity contribution < 1.29 is 39.4 Å². The van der Waals surface area contributed by atoms with Gasteiger partial charge in [0, 0.05) is 6.92 Å². The molecule has 0 rings (SSSR count). The molecule has 0 aliphatic carbocycles. The van der Waals surface area contributed by atoms with E-state index in [1.165, 1.54) is 70.6 Å². The van der Waals surface area contributed by atoms with Gasteiger partial charge in [-0.2, -0.15) is 4.89 Å². The van der Waals surface area contributed by atoms with Gasteiger partial charge in [0.05, 0.1) is 25.2 Å². The van der Waals surface area contributed by atoms with Crippen molar-refractivity contribution in [2.45, 2.75) is 148 Å². The first kappa shape index (κ1) is 33.8. The van der Waals surface area contributed by atoms with E-state index in [1.54, 1.807) is 0 Å². The second-order valence-electron chi connectivity index (χ2n) is 9.63. The highest BCUT2D eigenvalue weighted by molar-refractivity contribution is 5.69. The van der Waals surface area contributed by atoms with E-state index in [0.29, 0.717) is 12.8 Å². The zero-order valence-corrected chi connectivity index (χ0v) is 22.3. The standard InChI is InChI=1S/C27H52O8/c1-3-4-5-6-7-8-9-10-11-12-13-14-17-24(30)18-15-16-19-25(31)20-27(32)33-22-26(21-28)35-34-23(2)29/h24-26,28,30-31H,3-22H2,1-2H3. The lowest BCUT2D eigenvalue weighted by molar-refractivity contribution is -0.305. The number of rotatable bonds is 25. The number of unbranched alkanes of at least 4 members (excludes halogenated alkanes) is 12. The molecule has 3 unspecified atom stereocenters. The summed E-state index contributed by atoms with van der Waals surface area (Å²) in [4.78, 5) is 31.4. The third kappa shape index (κ3) is 24.3. The van der Waals surface area contributed by atoms with E-state index in [0.717, 1.165) is 32.6 Å². The van der Waals surface area contributed by atoms with Crippen LogP contribution in [-0.2, 0) is 24.1 Å². The van der Waals surface area contributed by atoms with Gasteiger partial charge in [0.1, 0.15) is 6.61 Å². The lowest BCUT2D eigenvalue weighted by Gasteiger charge is -2.15. The van der Waals surface area contributed by atoms with Crippen molar-refractivity contribution >= 4 is 11.9 Å². The number of hydrogen-bond donors (Lipinski definition) is 3. The first-order valence-corrected chi connectivity index (χ1v) is 13.9. The molecule has 0 aromatic rings. The van der Waals surface area contributed by atoms with Crippen molar-refractivity contribution in [2.75, 3.05) is 13.2 Å². The van der Waals surface area contributed by atoms with E-state index in [2.05, 4.69) is 16.7 Å². The van der Waals surface area contributed by atoms with Gasteiger partial charge in [-0.05, 0) is 19.3 Å². The van der Waals surface area contributed by atoms with E-state index >= 15 is 0 Å². The third-order valence-electron chi connectivity index (χ3n) is 6.05. The fourth-order valence-electron chi connectivity index (χ4n) is 3.91. The van der Waals surface area contributed by atoms with Crippen LogP contribution in [0, 0.1) is 0 Å². The summed E-state index contributed by atoms with van der Waals surface area (Å²) in [5.41, 5.74) is 0. The molecule has 0 amide bonds. The van der Waals surface area contributed by atoms with Crippen LogP contribution in [0.1, 0.15) is 129 Å². The van der Waals surface area contributed by atoms with Crippen LogP contribution in [0.15, 0.2) is 0 Å². The van der Waals surface area contributed by atoms with Crippen molar-refractivity contribution in [3.8, 4) is 0 Å². The van der Waals surface area contributed by atoms with Gasteiger partial charge < -0.3 is 20.1 Å². The molecule has 0 aliphatic heterocycles. The largest absolute Gasteiger partial charge is 0.463 e. The number of aliphatic hydroxyl groups is 3. The quantitative estimate of drug-likeness (QED) is 0.0675. The zero-order chi connectivity index (χ0) is 26.2. The molecule has 0 spiro atoms. The predicted octanol–water partition coefficient (Wildman–Crippen LogP) is 5.15. The van der Waals surface area contributed by atoms with Gasteiger partial charge in [-0.15, -0.1) is 0 Å². The van der Waals surface area contributed by atoms with E-state index < -0.39 is 30.8 Å². The Morgan fingerprint density at radius 2 is 1.17 bits per heavy atom. The van der Waals surface area contributed by atoms with Gasteiger partial charge >= 0.3 is 11.9 Å². The molecule has 208 valence electrons. The summed E-state index contributed by atoms with van der Waals surface area (Å²) in [6, 6.07) is 0. The molecule has 0 saturated heterocycles. The number of carbonyl (C=O) groups excluding carboxylic acids is 2. The minimum absolute atomic E-state index is 0.160. The minimum atomic E-state index is -0.966. The van der Waals surface area contributed by atoms with Gasteiger partial charge in [0.15, 0.2) is 6.10 Å². The van der Waals surface area contributed by atoms with Crippen molar-refractivity contribution in [1.82, 2.24) is 0 Å². The van der Waals surface area contributed by atoms with Gasteiger partial charge in [-0.25, -0.2) is 4.79 Å². The van der Waals surface area contributed by atoms with Crippen molar-refractivity contribution in [3.63, 3.8) is 0 Å². The Balaban J connectivity index is 3.56. The number of ether oxygens (including phenoxy) is 1. The van der Waals surface area contributed by atoms with Crippen LogP contribution in [0.4, 0.5) is 0 Å². The van der Waals surface area contributed by atoms with Crippen LogP contribution in [0.3, 0.4) is 0 Å². The molecular weight excluding hydrogens is 452 g/mol. The van der Waals surface area contributed by atoms with Crippen LogP contribution in [-0.4, -0.2) is 58.8 Å². The minimum Gasteiger partial charge on any atom is -0.463 e.